The first kappa shape index (κ1) is 13.6. The molecule has 0 radical (unpaired) electrons. The zero-order valence-corrected chi connectivity index (χ0v) is 12.3. The van der Waals surface area contributed by atoms with Crippen molar-refractivity contribution < 1.29 is 0 Å². The molecule has 0 bridgehead atoms. The Bertz CT molecular complexity index is 489. The fourth-order valence-electron chi connectivity index (χ4n) is 1.92. The molecule has 0 saturated heterocycles. The average Bonchev–Trinajstić information content (AvgIpc) is 2.78. The zero-order chi connectivity index (χ0) is 13.0. The molecular formula is C15H18ClNS. The molecule has 1 aromatic carbocycles. The molecule has 0 aliphatic rings. The molecule has 1 N–H and O–H groups in total. The minimum absolute atomic E-state index is 0.207. The van der Waals surface area contributed by atoms with Crippen LogP contribution in [0, 0.1) is 6.92 Å². The van der Waals surface area contributed by atoms with E-state index in [1.54, 1.807) is 11.3 Å². The maximum absolute atomic E-state index is 6.27. The fraction of sp³-hybridized carbons (Fsp3) is 0.333. The summed E-state index contributed by atoms with van der Waals surface area (Å²) >= 11 is 7.98. The second kappa shape index (κ2) is 6.37. The number of rotatable bonds is 5. The summed E-state index contributed by atoms with van der Waals surface area (Å²) < 4.78 is 0. The first-order chi connectivity index (χ1) is 8.72. The van der Waals surface area contributed by atoms with E-state index in [-0.39, 0.29) is 6.04 Å². The van der Waals surface area contributed by atoms with Crippen molar-refractivity contribution in [2.75, 3.05) is 6.54 Å². The summed E-state index contributed by atoms with van der Waals surface area (Å²) in [6.07, 6.45) is 1.12. The molecule has 1 heterocycles. The molecule has 0 amide bonds. The third kappa shape index (κ3) is 3.14. The summed E-state index contributed by atoms with van der Waals surface area (Å²) in [6.45, 7) is 5.28. The lowest BCUT2D eigenvalue weighted by Gasteiger charge is -2.18. The van der Waals surface area contributed by atoms with Gasteiger partial charge < -0.3 is 5.32 Å². The molecule has 1 aromatic heterocycles. The number of thiophene rings is 1. The van der Waals surface area contributed by atoms with Gasteiger partial charge in [0.25, 0.3) is 0 Å². The molecule has 2 rings (SSSR count). The van der Waals surface area contributed by atoms with E-state index in [0.717, 1.165) is 18.0 Å². The van der Waals surface area contributed by atoms with Crippen LogP contribution >= 0.6 is 22.9 Å². The van der Waals surface area contributed by atoms with Crippen LogP contribution in [-0.4, -0.2) is 6.54 Å². The number of hydrogen-bond donors (Lipinski definition) is 1. The Morgan fingerprint density at radius 2 is 1.94 bits per heavy atom. The molecule has 1 unspecified atom stereocenters. The van der Waals surface area contributed by atoms with Crippen molar-refractivity contribution in [3.8, 4) is 0 Å². The quantitative estimate of drug-likeness (QED) is 0.829. The van der Waals surface area contributed by atoms with Crippen molar-refractivity contribution in [2.45, 2.75) is 26.3 Å². The molecule has 0 spiro atoms. The van der Waals surface area contributed by atoms with E-state index in [4.69, 9.17) is 11.6 Å². The van der Waals surface area contributed by atoms with Gasteiger partial charge in [0.2, 0.25) is 0 Å². The lowest BCUT2D eigenvalue weighted by molar-refractivity contribution is 0.606. The van der Waals surface area contributed by atoms with E-state index >= 15 is 0 Å². The van der Waals surface area contributed by atoms with Crippen molar-refractivity contribution in [3.63, 3.8) is 0 Å². The van der Waals surface area contributed by atoms with E-state index in [1.807, 2.05) is 11.4 Å². The van der Waals surface area contributed by atoms with Gasteiger partial charge in [-0.1, -0.05) is 48.4 Å². The Kier molecular flexibility index (Phi) is 4.81. The Morgan fingerprint density at radius 3 is 2.50 bits per heavy atom. The maximum Gasteiger partial charge on any atom is 0.0686 e. The van der Waals surface area contributed by atoms with Crippen molar-refractivity contribution in [2.24, 2.45) is 0 Å². The van der Waals surface area contributed by atoms with Crippen LogP contribution in [0.3, 0.4) is 0 Å². The highest BCUT2D eigenvalue weighted by molar-refractivity contribution is 7.10. The lowest BCUT2D eigenvalue weighted by Crippen LogP contribution is -2.22. The van der Waals surface area contributed by atoms with E-state index < -0.39 is 0 Å². The first-order valence-corrected chi connectivity index (χ1v) is 7.51. The standard InChI is InChI=1S/C15H18ClNS/c1-3-9-17-14(15-13(16)8-10-18-15)12-6-4-11(2)5-7-12/h4-8,10,14,17H,3,9H2,1-2H3. The van der Waals surface area contributed by atoms with E-state index in [9.17, 15) is 0 Å². The SMILES string of the molecule is CCCNC(c1ccc(C)cc1)c1sccc1Cl. The molecule has 0 aliphatic heterocycles. The van der Waals surface area contributed by atoms with Crippen LogP contribution in [-0.2, 0) is 0 Å². The molecule has 0 fully saturated rings. The number of aryl methyl sites for hydroxylation is 1. The average molecular weight is 280 g/mol. The highest BCUT2D eigenvalue weighted by atomic mass is 35.5. The molecule has 0 aliphatic carbocycles. The van der Waals surface area contributed by atoms with Gasteiger partial charge >= 0.3 is 0 Å². The Balaban J connectivity index is 2.30. The van der Waals surface area contributed by atoms with Crippen LogP contribution in [0.1, 0.15) is 35.4 Å². The van der Waals surface area contributed by atoms with Crippen LogP contribution in [0.5, 0.6) is 0 Å². The maximum atomic E-state index is 6.27. The van der Waals surface area contributed by atoms with Gasteiger partial charge in [-0.3, -0.25) is 0 Å². The number of benzene rings is 1. The second-order valence-electron chi connectivity index (χ2n) is 4.43. The largest absolute Gasteiger partial charge is 0.306 e. The first-order valence-electron chi connectivity index (χ1n) is 6.25. The summed E-state index contributed by atoms with van der Waals surface area (Å²) in [6, 6.07) is 10.8. The topological polar surface area (TPSA) is 12.0 Å². The fourth-order valence-corrected chi connectivity index (χ4v) is 3.19. The van der Waals surface area contributed by atoms with Gasteiger partial charge in [0.1, 0.15) is 0 Å². The van der Waals surface area contributed by atoms with Crippen molar-refractivity contribution in [1.82, 2.24) is 5.32 Å². The molecular weight excluding hydrogens is 262 g/mol. The minimum atomic E-state index is 0.207. The molecule has 0 saturated carbocycles. The summed E-state index contributed by atoms with van der Waals surface area (Å²) in [5.74, 6) is 0. The van der Waals surface area contributed by atoms with Crippen LogP contribution in [0.4, 0.5) is 0 Å². The summed E-state index contributed by atoms with van der Waals surface area (Å²) in [5.41, 5.74) is 2.56. The van der Waals surface area contributed by atoms with E-state index in [1.165, 1.54) is 16.0 Å². The van der Waals surface area contributed by atoms with Crippen molar-refractivity contribution in [3.05, 3.63) is 56.7 Å². The van der Waals surface area contributed by atoms with Crippen LogP contribution in [0.25, 0.3) is 0 Å². The van der Waals surface area contributed by atoms with Crippen molar-refractivity contribution in [1.29, 1.82) is 0 Å². The predicted molar refractivity (Wildman–Crippen MR) is 80.6 cm³/mol. The van der Waals surface area contributed by atoms with Crippen LogP contribution < -0.4 is 5.32 Å². The van der Waals surface area contributed by atoms with Gasteiger partial charge in [0.15, 0.2) is 0 Å². The highest BCUT2D eigenvalue weighted by Gasteiger charge is 2.17. The monoisotopic (exact) mass is 279 g/mol. The normalized spacial score (nSPS) is 12.6. The summed E-state index contributed by atoms with van der Waals surface area (Å²) in [5, 5.41) is 6.48. The molecule has 3 heteroatoms. The van der Waals surface area contributed by atoms with Gasteiger partial charge in [0.05, 0.1) is 11.1 Å². The molecule has 1 nitrogen and oxygen atoms in total. The Hall–Kier alpha value is -0.830. The molecule has 96 valence electrons. The lowest BCUT2D eigenvalue weighted by atomic mass is 10.0. The second-order valence-corrected chi connectivity index (χ2v) is 5.79. The van der Waals surface area contributed by atoms with Gasteiger partial charge in [-0.15, -0.1) is 11.3 Å². The third-order valence-electron chi connectivity index (χ3n) is 2.92. The van der Waals surface area contributed by atoms with Gasteiger partial charge in [-0.25, -0.2) is 0 Å². The predicted octanol–water partition coefficient (Wildman–Crippen LogP) is 4.80. The molecule has 18 heavy (non-hydrogen) atoms. The highest BCUT2D eigenvalue weighted by Crippen LogP contribution is 2.32. The molecule has 1 atom stereocenters. The summed E-state index contributed by atoms with van der Waals surface area (Å²) in [4.78, 5) is 1.20. The third-order valence-corrected chi connectivity index (χ3v) is 4.34. The Labute approximate surface area is 118 Å². The van der Waals surface area contributed by atoms with Gasteiger partial charge in [-0.2, -0.15) is 0 Å². The Morgan fingerprint density at radius 1 is 1.22 bits per heavy atom. The summed E-state index contributed by atoms with van der Waals surface area (Å²) in [7, 11) is 0. The van der Waals surface area contributed by atoms with E-state index in [2.05, 4.69) is 43.4 Å². The number of halogens is 1. The van der Waals surface area contributed by atoms with E-state index in [0.29, 0.717) is 0 Å². The number of nitrogens with one attached hydrogen (secondary N) is 1. The zero-order valence-electron chi connectivity index (χ0n) is 10.7. The molecule has 2 aromatic rings. The van der Waals surface area contributed by atoms with Gasteiger partial charge in [0, 0.05) is 4.88 Å². The smallest absolute Gasteiger partial charge is 0.0686 e. The van der Waals surface area contributed by atoms with Gasteiger partial charge in [-0.05, 0) is 36.9 Å². The number of hydrogen-bond acceptors (Lipinski definition) is 2. The van der Waals surface area contributed by atoms with Crippen molar-refractivity contribution >= 4 is 22.9 Å². The minimum Gasteiger partial charge on any atom is -0.306 e. The van der Waals surface area contributed by atoms with Crippen LogP contribution in [0.15, 0.2) is 35.7 Å². The van der Waals surface area contributed by atoms with Crippen LogP contribution in [0.2, 0.25) is 5.02 Å².